The van der Waals surface area contributed by atoms with Gasteiger partial charge in [-0.1, -0.05) is 287 Å². The number of halogens is 20. The zero-order valence-corrected chi connectivity index (χ0v) is 66.7. The average molecular weight is 2200 g/mol. The van der Waals surface area contributed by atoms with E-state index in [1.807, 2.05) is 31.2 Å². The summed E-state index contributed by atoms with van der Waals surface area (Å²) in [5.74, 6) is 1.38. The number of allylic oxidation sites excluding steroid dienone is 4. The molecule has 0 aromatic heterocycles. The van der Waals surface area contributed by atoms with Crippen LogP contribution in [-0.2, 0) is 5.41 Å². The minimum absolute atomic E-state index is 0.181. The van der Waals surface area contributed by atoms with Crippen LogP contribution in [0, 0.1) is 5.41 Å². The summed E-state index contributed by atoms with van der Waals surface area (Å²) in [5, 5.41) is 0. The van der Waals surface area contributed by atoms with Gasteiger partial charge >= 0.3 is 0 Å². The fourth-order valence-electron chi connectivity index (χ4n) is 7.79. The zero-order chi connectivity index (χ0) is 50.2. The molecule has 0 saturated heterocycles. The van der Waals surface area contributed by atoms with E-state index in [0.717, 1.165) is 53.1 Å². The van der Waals surface area contributed by atoms with E-state index in [1.165, 1.54) is 56.1 Å². The summed E-state index contributed by atoms with van der Waals surface area (Å²) in [6, 6.07) is 18.2. The first kappa shape index (κ1) is 64.9. The van der Waals surface area contributed by atoms with Crippen LogP contribution in [0.4, 0.5) is 0 Å². The summed E-state index contributed by atoms with van der Waals surface area (Å²) in [6.07, 6.45) is 10.9. The van der Waals surface area contributed by atoms with Crippen LogP contribution in [-0.4, -0.2) is 26.8 Å². The van der Waals surface area contributed by atoms with Crippen molar-refractivity contribution in [2.24, 2.45) is 5.41 Å². The molecule has 0 heterocycles. The van der Waals surface area contributed by atoms with Gasteiger partial charge in [-0.05, 0) is 176 Å². The van der Waals surface area contributed by atoms with Crippen molar-refractivity contribution in [2.75, 3.05) is 0 Å². The molecule has 22 heteroatoms. The molecule has 0 amide bonds. The SMILES string of the molecule is BrC1(Br)CCCCCCCCCC(Br)(Br)C1(Br)Br.CC(Oc1ccc(Br)c(Br)c1Br)Oc1ccc(Br)c(Br)c1Br.CC1(c2ccccc2)C2=C(Br)C(Br)=C(Br)C(Br)(Br)C2(Br)C(Br)(Br)C1(C)C. The highest BCUT2D eigenvalue weighted by Crippen LogP contribution is 2.81. The molecule has 2 unspecified atom stereocenters. The number of hydrogen-bond donors (Lipinski definition) is 0. The number of ether oxygens (including phenoxy) is 2. The lowest BCUT2D eigenvalue weighted by molar-refractivity contribution is 0.0209. The van der Waals surface area contributed by atoms with Crippen molar-refractivity contribution in [1.82, 2.24) is 0 Å². The number of alkyl halides is 11. The predicted octanol–water partition coefficient (Wildman–Crippen LogP) is 25.8. The second kappa shape index (κ2) is 26.1. The maximum absolute atomic E-state index is 5.84. The Morgan fingerprint density at radius 3 is 1.27 bits per heavy atom. The number of hydrogen-bond acceptors (Lipinski definition) is 2. The summed E-state index contributed by atoms with van der Waals surface area (Å²) in [6.45, 7) is 8.73. The molecule has 2 fully saturated rings. The van der Waals surface area contributed by atoms with Gasteiger partial charge in [-0.25, -0.2) is 0 Å². The Labute approximate surface area is 558 Å². The number of fused-ring (bicyclic) bond motifs is 1. The van der Waals surface area contributed by atoms with E-state index in [0.29, 0.717) is 11.5 Å². The summed E-state index contributed by atoms with van der Waals surface area (Å²) in [4.78, 5) is 0. The predicted molar refractivity (Wildman–Crippen MR) is 354 cm³/mol. The van der Waals surface area contributed by atoms with E-state index in [9.17, 15) is 0 Å². The van der Waals surface area contributed by atoms with Gasteiger partial charge in [-0.2, -0.15) is 0 Å². The molecule has 2 nitrogen and oxygen atoms in total. The molecular weight excluding hydrogens is 2160 g/mol. The van der Waals surface area contributed by atoms with Crippen molar-refractivity contribution in [3.05, 3.63) is 106 Å². The quantitative estimate of drug-likeness (QED) is 0.144. The van der Waals surface area contributed by atoms with Crippen molar-refractivity contribution in [3.63, 3.8) is 0 Å². The second-order valence-electron chi connectivity index (χ2n) is 16.3. The molecule has 3 aromatic rings. The molecule has 0 radical (unpaired) electrons. The van der Waals surface area contributed by atoms with Crippen molar-refractivity contribution in [2.45, 2.75) is 118 Å². The molecule has 2 atom stereocenters. The largest absolute Gasteiger partial charge is 0.454 e. The molecule has 0 bridgehead atoms. The van der Waals surface area contributed by atoms with Gasteiger partial charge in [-0.3, -0.25) is 0 Å². The van der Waals surface area contributed by atoms with Gasteiger partial charge in [-0.15, -0.1) is 0 Å². The highest BCUT2D eigenvalue weighted by Gasteiger charge is 2.80. The monoisotopic (exact) mass is 2180 g/mol. The molecule has 3 aromatic carbocycles. The van der Waals surface area contributed by atoms with Gasteiger partial charge in [0.05, 0.1) is 8.95 Å². The first-order chi connectivity index (χ1) is 30.2. The van der Waals surface area contributed by atoms with Crippen molar-refractivity contribution < 1.29 is 9.47 Å². The smallest absolute Gasteiger partial charge is 0.238 e. The van der Waals surface area contributed by atoms with Crippen LogP contribution >= 0.6 is 319 Å². The maximum atomic E-state index is 5.84. The van der Waals surface area contributed by atoms with Gasteiger partial charge in [0.25, 0.3) is 0 Å². The van der Waals surface area contributed by atoms with Crippen molar-refractivity contribution in [3.8, 4) is 11.5 Å². The third kappa shape index (κ3) is 13.2. The molecular formula is C44H40Br20O2. The first-order valence-electron chi connectivity index (χ1n) is 19.9. The fourth-order valence-corrected chi connectivity index (χ4v) is 23.6. The normalized spacial score (nSPS) is 25.3. The van der Waals surface area contributed by atoms with Crippen LogP contribution in [0.2, 0.25) is 0 Å². The van der Waals surface area contributed by atoms with Crippen molar-refractivity contribution >= 4 is 319 Å². The molecule has 3 aliphatic carbocycles. The van der Waals surface area contributed by atoms with Crippen LogP contribution in [0.3, 0.4) is 0 Å². The average Bonchev–Trinajstić information content (AvgIpc) is 3.34. The Balaban J connectivity index is 0.000000220. The minimum atomic E-state index is -0.588. The second-order valence-corrected chi connectivity index (χ2v) is 42.7. The Kier molecular flexibility index (Phi) is 25.6. The summed E-state index contributed by atoms with van der Waals surface area (Å²) in [7, 11) is 0. The van der Waals surface area contributed by atoms with Gasteiger partial charge in [0.1, 0.15) is 32.0 Å². The Morgan fingerprint density at radius 2 is 0.864 bits per heavy atom. The zero-order valence-electron chi connectivity index (χ0n) is 35.0. The Bertz CT molecular complexity index is 2190. The Morgan fingerprint density at radius 1 is 0.470 bits per heavy atom. The van der Waals surface area contributed by atoms with E-state index in [-0.39, 0.29) is 20.5 Å². The van der Waals surface area contributed by atoms with E-state index in [4.69, 9.17) is 9.47 Å². The topological polar surface area (TPSA) is 18.5 Å². The molecule has 368 valence electrons. The lowest BCUT2D eigenvalue weighted by atomic mass is 9.63. The first-order valence-corrected chi connectivity index (χ1v) is 35.8. The lowest BCUT2D eigenvalue weighted by Gasteiger charge is -2.49. The van der Waals surface area contributed by atoms with Crippen LogP contribution in [0.1, 0.15) is 91.0 Å². The van der Waals surface area contributed by atoms with Gasteiger partial charge in [0, 0.05) is 49.1 Å². The lowest BCUT2D eigenvalue weighted by Crippen LogP contribution is -2.55. The molecule has 0 spiro atoms. The van der Waals surface area contributed by atoms with Crippen LogP contribution in [0.15, 0.2) is 100 Å². The van der Waals surface area contributed by atoms with Gasteiger partial charge in [0.2, 0.25) is 6.29 Å². The number of rotatable bonds is 5. The van der Waals surface area contributed by atoms with E-state index in [2.05, 4.69) is 370 Å². The standard InChI is InChI=1S/C18H14Br8.C14H8Br6O2.C12H18Br6/c1-14(2)15(3,9-7-5-4-6-8-9)12-10(19)11(20)13(21)17(23,24)16(12,22)18(14,25)26;1-6(21-9-4-2-7(15)11(17)13(9)19)22-10-5-3-8(16)12(18)14(10)20;13-10(14)8-6-4-2-1-3-5-7-9-11(15,16)12(10,17)18/h4-8H,1-3H3;2-6H,1H3;1-9H2. The van der Waals surface area contributed by atoms with Crippen LogP contribution in [0.25, 0.3) is 0 Å². The molecule has 2 saturated carbocycles. The highest BCUT2D eigenvalue weighted by atomic mass is 79.9. The van der Waals surface area contributed by atoms with E-state index >= 15 is 0 Å². The Hall–Kier alpha value is 6.34. The minimum Gasteiger partial charge on any atom is -0.454 e. The number of benzene rings is 3. The van der Waals surface area contributed by atoms with Crippen molar-refractivity contribution in [1.29, 1.82) is 0 Å². The fraction of sp³-hybridized carbons (Fsp3) is 0.500. The molecule has 66 heavy (non-hydrogen) atoms. The van der Waals surface area contributed by atoms with Crippen LogP contribution in [0.5, 0.6) is 11.5 Å². The van der Waals surface area contributed by atoms with Gasteiger partial charge in [0.15, 0.2) is 0 Å². The maximum Gasteiger partial charge on any atom is 0.238 e. The highest BCUT2D eigenvalue weighted by molar-refractivity contribution is 9.33. The molecule has 0 aliphatic heterocycles. The molecule has 3 aliphatic rings. The summed E-state index contributed by atoms with van der Waals surface area (Å²) < 4.78 is 17.7. The van der Waals surface area contributed by atoms with Gasteiger partial charge < -0.3 is 9.47 Å². The van der Waals surface area contributed by atoms with E-state index < -0.39 is 17.1 Å². The molecule has 6 rings (SSSR count). The third-order valence-electron chi connectivity index (χ3n) is 12.0. The third-order valence-corrected chi connectivity index (χ3v) is 43.1. The molecule has 0 N–H and O–H groups in total. The van der Waals surface area contributed by atoms with E-state index in [1.54, 1.807) is 0 Å². The van der Waals surface area contributed by atoms with Crippen LogP contribution < -0.4 is 9.47 Å². The summed E-state index contributed by atoms with van der Waals surface area (Å²) >= 11 is 75.6. The summed E-state index contributed by atoms with van der Waals surface area (Å²) in [5.41, 5.74) is 1.98.